The summed E-state index contributed by atoms with van der Waals surface area (Å²) in [4.78, 5) is 26.5. The Bertz CT molecular complexity index is 1410. The highest BCUT2D eigenvalue weighted by molar-refractivity contribution is 6.05. The summed E-state index contributed by atoms with van der Waals surface area (Å²) in [6.07, 6.45) is 1.94. The molecule has 3 aromatic heterocycles. The summed E-state index contributed by atoms with van der Waals surface area (Å²) in [5.74, 6) is 0.184. The zero-order valence-electron chi connectivity index (χ0n) is 19.9. The maximum Gasteiger partial charge on any atom is 0.300 e. The van der Waals surface area contributed by atoms with Crippen LogP contribution in [0.5, 0.6) is 0 Å². The Morgan fingerprint density at radius 1 is 1.11 bits per heavy atom. The van der Waals surface area contributed by atoms with E-state index in [2.05, 4.69) is 15.4 Å². The lowest BCUT2D eigenvalue weighted by molar-refractivity contribution is 0.102. The van der Waals surface area contributed by atoms with Crippen LogP contribution in [0, 0.1) is 6.92 Å². The van der Waals surface area contributed by atoms with Gasteiger partial charge in [0.1, 0.15) is 0 Å². The fourth-order valence-corrected chi connectivity index (χ4v) is 4.55. The van der Waals surface area contributed by atoms with Gasteiger partial charge in [-0.05, 0) is 37.1 Å². The van der Waals surface area contributed by atoms with E-state index in [1.165, 1.54) is 0 Å². The van der Waals surface area contributed by atoms with Gasteiger partial charge in [-0.1, -0.05) is 12.1 Å². The standard InChI is InChI=1S/C25H27N7O4/c1-16-3-2-4-17(13-16)32-8-6-19(29-32)24(34)26-20-14-21-22(27-23(20)31-7-5-18(33)15-31)28-25(36-21)30-9-11-35-12-10-30/h2-4,6,8,13-14,18,33H,5,7,9-12,15H2,1H3,(H,26,34). The summed E-state index contributed by atoms with van der Waals surface area (Å²) in [6, 6.07) is 11.8. The molecular weight excluding hydrogens is 462 g/mol. The molecule has 2 N–H and O–H groups in total. The number of benzene rings is 1. The largest absolute Gasteiger partial charge is 0.422 e. The first-order valence-electron chi connectivity index (χ1n) is 12.0. The Morgan fingerprint density at radius 2 is 1.97 bits per heavy atom. The van der Waals surface area contributed by atoms with E-state index in [4.69, 9.17) is 14.1 Å². The molecule has 0 radical (unpaired) electrons. The number of aliphatic hydroxyl groups is 1. The van der Waals surface area contributed by atoms with Crippen LogP contribution in [0.25, 0.3) is 16.9 Å². The fourth-order valence-electron chi connectivity index (χ4n) is 4.55. The topological polar surface area (TPSA) is 122 Å². The number of fused-ring (bicyclic) bond motifs is 1. The van der Waals surface area contributed by atoms with Crippen LogP contribution in [0.1, 0.15) is 22.5 Å². The zero-order valence-corrected chi connectivity index (χ0v) is 19.9. The average Bonchev–Trinajstić information content (AvgIpc) is 3.63. The van der Waals surface area contributed by atoms with Crippen molar-refractivity contribution in [1.29, 1.82) is 0 Å². The highest BCUT2D eigenvalue weighted by Crippen LogP contribution is 2.33. The quantitative estimate of drug-likeness (QED) is 0.435. The van der Waals surface area contributed by atoms with Crippen molar-refractivity contribution in [1.82, 2.24) is 19.7 Å². The Hall–Kier alpha value is -3.96. The minimum Gasteiger partial charge on any atom is -0.422 e. The monoisotopic (exact) mass is 489 g/mol. The molecular formula is C25H27N7O4. The molecule has 5 heterocycles. The molecule has 0 bridgehead atoms. The normalized spacial score (nSPS) is 18.2. The molecule has 0 saturated carbocycles. The lowest BCUT2D eigenvalue weighted by Gasteiger charge is -2.24. The Labute approximate surface area is 207 Å². The molecule has 36 heavy (non-hydrogen) atoms. The first-order chi connectivity index (χ1) is 17.5. The highest BCUT2D eigenvalue weighted by Gasteiger charge is 2.27. The number of β-amino-alcohol motifs (C(OH)–C–C–N with tert-alkyl or cyclic N) is 1. The molecule has 4 aromatic rings. The number of pyridine rings is 1. The summed E-state index contributed by atoms with van der Waals surface area (Å²) >= 11 is 0. The van der Waals surface area contributed by atoms with Crippen molar-refractivity contribution < 1.29 is 19.1 Å². The van der Waals surface area contributed by atoms with E-state index in [0.717, 1.165) is 11.3 Å². The third kappa shape index (κ3) is 4.38. The molecule has 2 fully saturated rings. The summed E-state index contributed by atoms with van der Waals surface area (Å²) < 4.78 is 13.1. The molecule has 11 heteroatoms. The maximum absolute atomic E-state index is 13.2. The van der Waals surface area contributed by atoms with Crippen LogP contribution in [-0.2, 0) is 4.74 Å². The molecule has 1 aromatic carbocycles. The first kappa shape index (κ1) is 22.5. The van der Waals surface area contributed by atoms with Gasteiger partial charge in [0.15, 0.2) is 17.1 Å². The van der Waals surface area contributed by atoms with E-state index in [0.29, 0.717) is 74.6 Å². The number of hydrogen-bond acceptors (Lipinski definition) is 9. The van der Waals surface area contributed by atoms with Gasteiger partial charge >= 0.3 is 0 Å². The number of aryl methyl sites for hydroxylation is 1. The number of oxazole rings is 1. The van der Waals surface area contributed by atoms with Crippen molar-refractivity contribution in [2.24, 2.45) is 0 Å². The third-order valence-electron chi connectivity index (χ3n) is 6.43. The van der Waals surface area contributed by atoms with Gasteiger partial charge in [0.25, 0.3) is 11.9 Å². The number of carbonyl (C=O) groups is 1. The summed E-state index contributed by atoms with van der Waals surface area (Å²) in [5, 5.41) is 17.5. The minimum atomic E-state index is -0.447. The van der Waals surface area contributed by atoms with Crippen LogP contribution in [0.15, 0.2) is 47.0 Å². The van der Waals surface area contributed by atoms with Crippen molar-refractivity contribution in [2.45, 2.75) is 19.4 Å². The van der Waals surface area contributed by atoms with Gasteiger partial charge in [-0.2, -0.15) is 10.1 Å². The number of aromatic nitrogens is 4. The number of ether oxygens (including phenoxy) is 1. The van der Waals surface area contributed by atoms with E-state index in [1.54, 1.807) is 23.0 Å². The molecule has 1 amide bonds. The second-order valence-corrected chi connectivity index (χ2v) is 9.10. The van der Waals surface area contributed by atoms with Gasteiger partial charge in [-0.15, -0.1) is 0 Å². The predicted molar refractivity (Wildman–Crippen MR) is 134 cm³/mol. The summed E-state index contributed by atoms with van der Waals surface area (Å²) in [5.41, 5.74) is 3.66. The molecule has 0 spiro atoms. The fraction of sp³-hybridized carbons (Fsp3) is 0.360. The summed E-state index contributed by atoms with van der Waals surface area (Å²) in [6.45, 7) is 5.65. The van der Waals surface area contributed by atoms with Crippen molar-refractivity contribution in [3.05, 3.63) is 53.9 Å². The molecule has 2 aliphatic heterocycles. The van der Waals surface area contributed by atoms with Crippen molar-refractivity contribution >= 4 is 34.7 Å². The van der Waals surface area contributed by atoms with Gasteiger partial charge < -0.3 is 29.4 Å². The van der Waals surface area contributed by atoms with E-state index in [-0.39, 0.29) is 11.6 Å². The van der Waals surface area contributed by atoms with Crippen LogP contribution >= 0.6 is 0 Å². The van der Waals surface area contributed by atoms with Crippen LogP contribution in [0.3, 0.4) is 0 Å². The molecule has 0 aliphatic carbocycles. The molecule has 2 aliphatic rings. The zero-order chi connectivity index (χ0) is 24.6. The third-order valence-corrected chi connectivity index (χ3v) is 6.43. The van der Waals surface area contributed by atoms with Gasteiger partial charge in [-0.3, -0.25) is 4.79 Å². The molecule has 11 nitrogen and oxygen atoms in total. The van der Waals surface area contributed by atoms with Gasteiger partial charge in [-0.25, -0.2) is 9.67 Å². The Morgan fingerprint density at radius 3 is 2.75 bits per heavy atom. The van der Waals surface area contributed by atoms with Crippen molar-refractivity contribution in [2.75, 3.05) is 54.5 Å². The Balaban J connectivity index is 1.31. The molecule has 6 rings (SSSR count). The van der Waals surface area contributed by atoms with E-state index < -0.39 is 6.10 Å². The number of rotatable bonds is 5. The van der Waals surface area contributed by atoms with Crippen LogP contribution in [0.4, 0.5) is 17.5 Å². The first-order valence-corrected chi connectivity index (χ1v) is 12.0. The Kier molecular flexibility index (Phi) is 5.78. The number of hydrogen-bond donors (Lipinski definition) is 2. The van der Waals surface area contributed by atoms with Gasteiger partial charge in [0, 0.05) is 38.4 Å². The maximum atomic E-state index is 13.2. The van der Waals surface area contributed by atoms with Gasteiger partial charge in [0.2, 0.25) is 5.65 Å². The summed E-state index contributed by atoms with van der Waals surface area (Å²) in [7, 11) is 0. The van der Waals surface area contributed by atoms with Crippen LogP contribution in [0.2, 0.25) is 0 Å². The number of nitrogens with one attached hydrogen (secondary N) is 1. The number of amides is 1. The molecule has 186 valence electrons. The minimum absolute atomic E-state index is 0.274. The average molecular weight is 490 g/mol. The number of aliphatic hydroxyl groups excluding tert-OH is 1. The van der Waals surface area contributed by atoms with Crippen molar-refractivity contribution in [3.8, 4) is 5.69 Å². The SMILES string of the molecule is Cc1cccc(-n2ccc(C(=O)Nc3cc4oc(N5CCOCC5)nc4nc3N3CCC(O)C3)n2)c1. The smallest absolute Gasteiger partial charge is 0.300 e. The molecule has 1 atom stereocenters. The number of carbonyl (C=O) groups excluding carboxylic acids is 1. The molecule has 2 saturated heterocycles. The highest BCUT2D eigenvalue weighted by atomic mass is 16.5. The van der Waals surface area contributed by atoms with E-state index >= 15 is 0 Å². The number of anilines is 3. The lowest BCUT2D eigenvalue weighted by atomic mass is 10.2. The number of morpholine rings is 1. The second kappa shape index (κ2) is 9.25. The number of nitrogens with zero attached hydrogens (tertiary/aromatic N) is 6. The van der Waals surface area contributed by atoms with E-state index in [9.17, 15) is 9.90 Å². The predicted octanol–water partition coefficient (Wildman–Crippen LogP) is 2.38. The van der Waals surface area contributed by atoms with Crippen LogP contribution < -0.4 is 15.1 Å². The lowest BCUT2D eigenvalue weighted by Crippen LogP contribution is -2.36. The van der Waals surface area contributed by atoms with Crippen LogP contribution in [-0.4, -0.2) is 76.3 Å². The van der Waals surface area contributed by atoms with E-state index in [1.807, 2.05) is 41.0 Å². The van der Waals surface area contributed by atoms with Crippen molar-refractivity contribution in [3.63, 3.8) is 0 Å². The van der Waals surface area contributed by atoms with Gasteiger partial charge in [0.05, 0.1) is 30.7 Å². The molecule has 1 unspecified atom stereocenters. The second-order valence-electron chi connectivity index (χ2n) is 9.10.